The normalized spacial score (nSPS) is 12.8. The van der Waals surface area contributed by atoms with E-state index in [2.05, 4.69) is 31.2 Å². The second-order valence-electron chi connectivity index (χ2n) is 4.88. The molecule has 0 radical (unpaired) electrons. The van der Waals surface area contributed by atoms with Gasteiger partial charge in [0.25, 0.3) is 0 Å². The first-order chi connectivity index (χ1) is 9.69. The van der Waals surface area contributed by atoms with Crippen molar-refractivity contribution >= 4 is 22.6 Å². The number of benzene rings is 2. The quantitative estimate of drug-likeness (QED) is 0.758. The number of halogens is 1. The van der Waals surface area contributed by atoms with Crippen molar-refractivity contribution in [2.75, 3.05) is 0 Å². The minimum atomic E-state index is -0.274. The van der Waals surface area contributed by atoms with Crippen LogP contribution in [0.2, 0.25) is 5.02 Å². The predicted molar refractivity (Wildman–Crippen MR) is 83.1 cm³/mol. The Bertz CT molecular complexity index is 730. The lowest BCUT2D eigenvalue weighted by atomic mass is 10.0. The fourth-order valence-electron chi connectivity index (χ4n) is 2.33. The van der Waals surface area contributed by atoms with Crippen molar-refractivity contribution in [2.45, 2.75) is 19.4 Å². The van der Waals surface area contributed by atoms with Gasteiger partial charge in [-0.1, -0.05) is 54.9 Å². The molecule has 3 rings (SSSR count). The minimum Gasteiger partial charge on any atom is -0.457 e. The lowest BCUT2D eigenvalue weighted by Gasteiger charge is -2.09. The molecule has 0 saturated carbocycles. The maximum Gasteiger partial charge on any atom is 0.152 e. The van der Waals surface area contributed by atoms with Crippen LogP contribution in [0.4, 0.5) is 0 Å². The van der Waals surface area contributed by atoms with Crippen LogP contribution in [-0.4, -0.2) is 0 Å². The lowest BCUT2D eigenvalue weighted by Crippen LogP contribution is -2.10. The van der Waals surface area contributed by atoms with Crippen LogP contribution in [0.15, 0.2) is 52.9 Å². The van der Waals surface area contributed by atoms with E-state index in [4.69, 9.17) is 21.8 Å². The third-order valence-corrected chi connectivity index (χ3v) is 3.87. The second-order valence-corrected chi connectivity index (χ2v) is 5.29. The summed E-state index contributed by atoms with van der Waals surface area (Å²) in [7, 11) is 0. The van der Waals surface area contributed by atoms with Crippen molar-refractivity contribution in [1.29, 1.82) is 0 Å². The molecule has 0 fully saturated rings. The molecule has 2 nitrogen and oxygen atoms in total. The largest absolute Gasteiger partial charge is 0.457 e. The van der Waals surface area contributed by atoms with Gasteiger partial charge in [-0.15, -0.1) is 0 Å². The summed E-state index contributed by atoms with van der Waals surface area (Å²) in [6, 6.07) is 15.7. The topological polar surface area (TPSA) is 39.2 Å². The van der Waals surface area contributed by atoms with Crippen molar-refractivity contribution in [3.8, 4) is 0 Å². The minimum absolute atomic E-state index is 0.274. The van der Waals surface area contributed by atoms with Crippen LogP contribution in [0.3, 0.4) is 0 Å². The molecule has 1 aromatic heterocycles. The molecular formula is C17H16ClNO. The van der Waals surface area contributed by atoms with E-state index < -0.39 is 0 Å². The summed E-state index contributed by atoms with van der Waals surface area (Å²) < 4.78 is 5.81. The van der Waals surface area contributed by atoms with E-state index >= 15 is 0 Å². The van der Waals surface area contributed by atoms with Crippen molar-refractivity contribution < 1.29 is 4.42 Å². The maximum absolute atomic E-state index is 6.28. The molecule has 0 aliphatic carbocycles. The molecule has 0 spiro atoms. The lowest BCUT2D eigenvalue weighted by molar-refractivity contribution is 0.525. The van der Waals surface area contributed by atoms with Gasteiger partial charge in [-0.05, 0) is 29.7 Å². The summed E-state index contributed by atoms with van der Waals surface area (Å²) in [6.07, 6.45) is 1.02. The Morgan fingerprint density at radius 3 is 2.55 bits per heavy atom. The van der Waals surface area contributed by atoms with Crippen LogP contribution in [0.5, 0.6) is 0 Å². The molecule has 20 heavy (non-hydrogen) atoms. The van der Waals surface area contributed by atoms with Crippen LogP contribution in [0.25, 0.3) is 11.0 Å². The van der Waals surface area contributed by atoms with E-state index in [9.17, 15) is 0 Å². The SMILES string of the molecule is CCc1ccc(C(N)c2cc3cccc(Cl)c3o2)cc1. The van der Waals surface area contributed by atoms with Crippen molar-refractivity contribution in [2.24, 2.45) is 5.73 Å². The highest BCUT2D eigenvalue weighted by atomic mass is 35.5. The average Bonchev–Trinajstić information content (AvgIpc) is 2.92. The van der Waals surface area contributed by atoms with E-state index in [1.807, 2.05) is 24.3 Å². The summed E-state index contributed by atoms with van der Waals surface area (Å²) >= 11 is 6.13. The van der Waals surface area contributed by atoms with Crippen molar-refractivity contribution in [3.63, 3.8) is 0 Å². The van der Waals surface area contributed by atoms with E-state index in [0.29, 0.717) is 10.6 Å². The average molecular weight is 286 g/mol. The summed E-state index contributed by atoms with van der Waals surface area (Å²) in [5.41, 5.74) is 9.32. The Morgan fingerprint density at radius 1 is 1.15 bits per heavy atom. The number of hydrogen-bond acceptors (Lipinski definition) is 2. The first kappa shape index (κ1) is 13.2. The first-order valence-electron chi connectivity index (χ1n) is 6.71. The zero-order valence-corrected chi connectivity index (χ0v) is 12.0. The van der Waals surface area contributed by atoms with Crippen molar-refractivity contribution in [1.82, 2.24) is 0 Å². The fourth-order valence-corrected chi connectivity index (χ4v) is 2.55. The Hall–Kier alpha value is -1.77. The van der Waals surface area contributed by atoms with E-state index in [1.165, 1.54) is 5.56 Å². The number of hydrogen-bond donors (Lipinski definition) is 1. The van der Waals surface area contributed by atoms with E-state index in [1.54, 1.807) is 0 Å². The molecule has 2 aromatic carbocycles. The molecule has 0 bridgehead atoms. The van der Waals surface area contributed by atoms with Gasteiger partial charge in [0.15, 0.2) is 5.58 Å². The standard InChI is InChI=1S/C17H16ClNO/c1-2-11-6-8-12(9-7-11)16(19)15-10-13-4-3-5-14(18)17(13)20-15/h3-10,16H,2,19H2,1H3. The van der Waals surface area contributed by atoms with Crippen LogP contribution in [0, 0.1) is 0 Å². The smallest absolute Gasteiger partial charge is 0.152 e. The molecule has 0 aliphatic rings. The first-order valence-corrected chi connectivity index (χ1v) is 7.09. The number of fused-ring (bicyclic) bond motifs is 1. The van der Waals surface area contributed by atoms with Gasteiger partial charge in [0.05, 0.1) is 11.1 Å². The monoisotopic (exact) mass is 285 g/mol. The molecular weight excluding hydrogens is 270 g/mol. The van der Waals surface area contributed by atoms with Gasteiger partial charge >= 0.3 is 0 Å². The Morgan fingerprint density at radius 2 is 1.90 bits per heavy atom. The van der Waals surface area contributed by atoms with Gasteiger partial charge in [-0.2, -0.15) is 0 Å². The highest BCUT2D eigenvalue weighted by Crippen LogP contribution is 2.30. The Labute approximate surface area is 123 Å². The van der Waals surface area contributed by atoms with Crippen LogP contribution < -0.4 is 5.73 Å². The molecule has 3 heteroatoms. The van der Waals surface area contributed by atoms with Gasteiger partial charge < -0.3 is 10.2 Å². The van der Waals surface area contributed by atoms with Crippen LogP contribution in [-0.2, 0) is 6.42 Å². The molecule has 1 atom stereocenters. The maximum atomic E-state index is 6.28. The number of rotatable bonds is 3. The van der Waals surface area contributed by atoms with Gasteiger partial charge in [0.1, 0.15) is 5.76 Å². The second kappa shape index (κ2) is 5.31. The highest BCUT2D eigenvalue weighted by Gasteiger charge is 2.15. The van der Waals surface area contributed by atoms with Crippen LogP contribution >= 0.6 is 11.6 Å². The molecule has 0 saturated heterocycles. The number of aryl methyl sites for hydroxylation is 1. The summed E-state index contributed by atoms with van der Waals surface area (Å²) in [5, 5.41) is 1.59. The van der Waals surface area contributed by atoms with E-state index in [0.717, 1.165) is 23.1 Å². The number of para-hydroxylation sites is 1. The zero-order chi connectivity index (χ0) is 14.1. The summed E-state index contributed by atoms with van der Waals surface area (Å²) in [5.74, 6) is 0.734. The molecule has 3 aromatic rings. The fraction of sp³-hybridized carbons (Fsp3) is 0.176. The molecule has 1 heterocycles. The predicted octanol–water partition coefficient (Wildman–Crippen LogP) is 4.70. The van der Waals surface area contributed by atoms with Gasteiger partial charge in [0.2, 0.25) is 0 Å². The third kappa shape index (κ3) is 2.33. The zero-order valence-electron chi connectivity index (χ0n) is 11.3. The van der Waals surface area contributed by atoms with Gasteiger partial charge in [-0.25, -0.2) is 0 Å². The number of nitrogens with two attached hydrogens (primary N) is 1. The van der Waals surface area contributed by atoms with E-state index in [-0.39, 0.29) is 6.04 Å². The van der Waals surface area contributed by atoms with Crippen LogP contribution in [0.1, 0.15) is 29.9 Å². The third-order valence-electron chi connectivity index (χ3n) is 3.57. The number of furan rings is 1. The Kier molecular flexibility index (Phi) is 3.51. The Balaban J connectivity index is 1.98. The van der Waals surface area contributed by atoms with Crippen molar-refractivity contribution in [3.05, 3.63) is 70.4 Å². The highest BCUT2D eigenvalue weighted by molar-refractivity contribution is 6.34. The molecule has 2 N–H and O–H groups in total. The molecule has 102 valence electrons. The summed E-state index contributed by atoms with van der Waals surface area (Å²) in [4.78, 5) is 0. The summed E-state index contributed by atoms with van der Waals surface area (Å²) in [6.45, 7) is 2.14. The molecule has 1 unspecified atom stereocenters. The van der Waals surface area contributed by atoms with Gasteiger partial charge in [-0.3, -0.25) is 0 Å². The molecule has 0 aliphatic heterocycles. The van der Waals surface area contributed by atoms with Gasteiger partial charge in [0, 0.05) is 5.39 Å². The molecule has 0 amide bonds.